The van der Waals surface area contributed by atoms with Gasteiger partial charge in [0.15, 0.2) is 11.6 Å². The van der Waals surface area contributed by atoms with Gasteiger partial charge in [-0.25, -0.2) is 4.98 Å². The first-order valence-electron chi connectivity index (χ1n) is 4.01. The Morgan fingerprint density at radius 3 is 2.21 bits per heavy atom. The lowest BCUT2D eigenvalue weighted by Gasteiger charge is -2.08. The molecule has 0 aromatic carbocycles. The van der Waals surface area contributed by atoms with Crippen molar-refractivity contribution in [1.29, 1.82) is 0 Å². The highest BCUT2D eigenvalue weighted by atomic mass is 16.1. The predicted molar refractivity (Wildman–Crippen MR) is 53.1 cm³/mol. The summed E-state index contributed by atoms with van der Waals surface area (Å²) in [6.07, 6.45) is 1.27. The van der Waals surface area contributed by atoms with Crippen LogP contribution in [0.2, 0.25) is 0 Å². The highest BCUT2D eigenvalue weighted by molar-refractivity contribution is 6.11. The van der Waals surface area contributed by atoms with Gasteiger partial charge in [-0.1, -0.05) is 0 Å². The average molecular weight is 193 g/mol. The minimum Gasteiger partial charge on any atom is -0.395 e. The smallest absolute Gasteiger partial charge is 0.162 e. The Morgan fingerprint density at radius 1 is 1.21 bits per heavy atom. The molecule has 1 aromatic rings. The van der Waals surface area contributed by atoms with Crippen LogP contribution in [0.25, 0.3) is 0 Å². The van der Waals surface area contributed by atoms with Crippen LogP contribution in [-0.4, -0.2) is 16.6 Å². The number of nitrogen functional groups attached to an aromatic ring is 2. The second-order valence-electron chi connectivity index (χ2n) is 2.96. The number of carbonyl (C=O) groups is 2. The van der Waals surface area contributed by atoms with Crippen molar-refractivity contribution >= 4 is 23.1 Å². The first kappa shape index (κ1) is 10.2. The van der Waals surface area contributed by atoms with Gasteiger partial charge in [-0.3, -0.25) is 9.59 Å². The maximum absolute atomic E-state index is 11.2. The summed E-state index contributed by atoms with van der Waals surface area (Å²) in [7, 11) is 0. The van der Waals surface area contributed by atoms with Gasteiger partial charge in [0.05, 0.1) is 11.3 Å². The third-order valence-corrected chi connectivity index (χ3v) is 1.88. The highest BCUT2D eigenvalue weighted by Gasteiger charge is 2.17. The van der Waals surface area contributed by atoms with Crippen molar-refractivity contribution in [3.8, 4) is 0 Å². The molecule has 0 atom stereocenters. The average Bonchev–Trinajstić information content (AvgIpc) is 2.08. The number of hydrogen-bond donors (Lipinski definition) is 2. The molecule has 0 bridgehead atoms. The molecular weight excluding hydrogens is 182 g/mol. The number of ketones is 2. The summed E-state index contributed by atoms with van der Waals surface area (Å²) in [4.78, 5) is 26.1. The molecule has 0 radical (unpaired) electrons. The van der Waals surface area contributed by atoms with Gasteiger partial charge in [-0.15, -0.1) is 0 Å². The Hall–Kier alpha value is -1.91. The SMILES string of the molecule is CC(=O)c1cnc(N)c(N)c1C(C)=O. The molecule has 1 heterocycles. The lowest BCUT2D eigenvalue weighted by atomic mass is 10.0. The number of nitrogens with two attached hydrogens (primary N) is 2. The zero-order valence-electron chi connectivity index (χ0n) is 8.00. The van der Waals surface area contributed by atoms with Gasteiger partial charge in [0, 0.05) is 11.8 Å². The van der Waals surface area contributed by atoms with E-state index in [1.54, 1.807) is 0 Å². The van der Waals surface area contributed by atoms with Gasteiger partial charge in [-0.2, -0.15) is 0 Å². The van der Waals surface area contributed by atoms with Crippen LogP contribution in [0.3, 0.4) is 0 Å². The van der Waals surface area contributed by atoms with Crippen molar-refractivity contribution in [2.24, 2.45) is 0 Å². The van der Waals surface area contributed by atoms with Gasteiger partial charge in [0.2, 0.25) is 0 Å². The quantitative estimate of drug-likeness (QED) is 0.672. The second-order valence-corrected chi connectivity index (χ2v) is 2.96. The van der Waals surface area contributed by atoms with E-state index in [-0.39, 0.29) is 34.2 Å². The summed E-state index contributed by atoms with van der Waals surface area (Å²) < 4.78 is 0. The Labute approximate surface area is 81.1 Å². The number of rotatable bonds is 2. The maximum atomic E-state index is 11.2. The van der Waals surface area contributed by atoms with E-state index < -0.39 is 0 Å². The summed E-state index contributed by atoms with van der Waals surface area (Å²) in [5, 5.41) is 0. The maximum Gasteiger partial charge on any atom is 0.162 e. The number of nitrogens with zero attached hydrogens (tertiary/aromatic N) is 1. The number of Topliss-reactive ketones (excluding diaryl/α,β-unsaturated/α-hetero) is 2. The zero-order valence-corrected chi connectivity index (χ0v) is 8.00. The summed E-state index contributed by atoms with van der Waals surface area (Å²) in [6, 6.07) is 0. The van der Waals surface area contributed by atoms with Crippen molar-refractivity contribution in [3.63, 3.8) is 0 Å². The molecular formula is C9H11N3O2. The molecule has 0 fully saturated rings. The number of hydrogen-bond acceptors (Lipinski definition) is 5. The number of anilines is 2. The van der Waals surface area contributed by atoms with Crippen LogP contribution < -0.4 is 11.5 Å². The van der Waals surface area contributed by atoms with Crippen molar-refractivity contribution < 1.29 is 9.59 Å². The van der Waals surface area contributed by atoms with Crippen LogP contribution in [-0.2, 0) is 0 Å². The van der Waals surface area contributed by atoms with E-state index in [1.165, 1.54) is 20.0 Å². The van der Waals surface area contributed by atoms with E-state index in [0.717, 1.165) is 0 Å². The first-order chi connectivity index (χ1) is 6.45. The lowest BCUT2D eigenvalue weighted by molar-refractivity contribution is 0.0981. The predicted octanol–water partition coefficient (Wildman–Crippen LogP) is 0.651. The Bertz CT molecular complexity index is 413. The minimum atomic E-state index is -0.290. The Kier molecular flexibility index (Phi) is 2.51. The van der Waals surface area contributed by atoms with Crippen LogP contribution in [0.4, 0.5) is 11.5 Å². The molecule has 5 heteroatoms. The van der Waals surface area contributed by atoms with Crippen molar-refractivity contribution in [2.75, 3.05) is 11.5 Å². The molecule has 0 unspecified atom stereocenters. The van der Waals surface area contributed by atoms with Gasteiger partial charge in [-0.05, 0) is 13.8 Å². The Morgan fingerprint density at radius 2 is 1.79 bits per heavy atom. The van der Waals surface area contributed by atoms with E-state index in [0.29, 0.717) is 0 Å². The fourth-order valence-electron chi connectivity index (χ4n) is 1.19. The minimum absolute atomic E-state index is 0.0696. The van der Waals surface area contributed by atoms with Gasteiger partial charge >= 0.3 is 0 Å². The van der Waals surface area contributed by atoms with E-state index in [2.05, 4.69) is 4.98 Å². The Balaban J connectivity index is 3.53. The molecule has 1 rings (SSSR count). The monoisotopic (exact) mass is 193 g/mol. The summed E-state index contributed by atoms with van der Waals surface area (Å²) >= 11 is 0. The van der Waals surface area contributed by atoms with Crippen LogP contribution in [0.15, 0.2) is 6.20 Å². The zero-order chi connectivity index (χ0) is 10.9. The van der Waals surface area contributed by atoms with E-state index in [4.69, 9.17) is 11.5 Å². The van der Waals surface area contributed by atoms with E-state index in [9.17, 15) is 9.59 Å². The van der Waals surface area contributed by atoms with Crippen molar-refractivity contribution in [1.82, 2.24) is 4.98 Å². The largest absolute Gasteiger partial charge is 0.395 e. The molecule has 0 aliphatic carbocycles. The molecule has 0 aliphatic heterocycles. The molecule has 0 saturated carbocycles. The van der Waals surface area contributed by atoms with Crippen LogP contribution >= 0.6 is 0 Å². The molecule has 0 saturated heterocycles. The van der Waals surface area contributed by atoms with Crippen molar-refractivity contribution in [3.05, 3.63) is 17.3 Å². The van der Waals surface area contributed by atoms with Crippen LogP contribution in [0.5, 0.6) is 0 Å². The fraction of sp³-hybridized carbons (Fsp3) is 0.222. The van der Waals surface area contributed by atoms with E-state index in [1.807, 2.05) is 0 Å². The topological polar surface area (TPSA) is 99.1 Å². The molecule has 14 heavy (non-hydrogen) atoms. The molecule has 1 aromatic heterocycles. The van der Waals surface area contributed by atoms with Crippen LogP contribution in [0, 0.1) is 0 Å². The summed E-state index contributed by atoms with van der Waals surface area (Å²) in [6.45, 7) is 2.68. The molecule has 0 amide bonds. The highest BCUT2D eigenvalue weighted by Crippen LogP contribution is 2.22. The van der Waals surface area contributed by atoms with Gasteiger partial charge in [0.1, 0.15) is 5.82 Å². The first-order valence-corrected chi connectivity index (χ1v) is 4.01. The van der Waals surface area contributed by atoms with E-state index >= 15 is 0 Å². The molecule has 5 nitrogen and oxygen atoms in total. The lowest BCUT2D eigenvalue weighted by Crippen LogP contribution is -2.11. The summed E-state index contributed by atoms with van der Waals surface area (Å²) in [5.41, 5.74) is 11.4. The van der Waals surface area contributed by atoms with Crippen molar-refractivity contribution in [2.45, 2.75) is 13.8 Å². The summed E-state index contributed by atoms with van der Waals surface area (Å²) in [5.74, 6) is -0.476. The van der Waals surface area contributed by atoms with Gasteiger partial charge in [0.25, 0.3) is 0 Å². The third-order valence-electron chi connectivity index (χ3n) is 1.88. The third kappa shape index (κ3) is 1.56. The molecule has 74 valence electrons. The number of carbonyl (C=O) groups excluding carboxylic acids is 2. The molecule has 4 N–H and O–H groups in total. The molecule has 0 aliphatic rings. The van der Waals surface area contributed by atoms with Crippen LogP contribution in [0.1, 0.15) is 34.6 Å². The second kappa shape index (κ2) is 3.45. The normalized spacial score (nSPS) is 9.86. The van der Waals surface area contributed by atoms with Gasteiger partial charge < -0.3 is 11.5 Å². The standard InChI is InChI=1S/C9H11N3O2/c1-4(13)6-3-12-9(11)8(10)7(6)5(2)14/h3H,10H2,1-2H3,(H2,11,12). The fourth-order valence-corrected chi connectivity index (χ4v) is 1.19. The number of aromatic nitrogens is 1. The number of pyridine rings is 1. The molecule has 0 spiro atoms.